The Bertz CT molecular complexity index is 593. The van der Waals surface area contributed by atoms with Crippen molar-refractivity contribution in [2.75, 3.05) is 5.32 Å². The van der Waals surface area contributed by atoms with Crippen LogP contribution in [0.15, 0.2) is 36.4 Å². The molecule has 1 aromatic heterocycles. The van der Waals surface area contributed by atoms with E-state index in [0.29, 0.717) is 0 Å². The minimum atomic E-state index is -4.42. The van der Waals surface area contributed by atoms with Gasteiger partial charge in [-0.3, -0.25) is 0 Å². The molecular formula is C13H10F4N2. The molecule has 0 radical (unpaired) electrons. The van der Waals surface area contributed by atoms with Gasteiger partial charge in [-0.15, -0.1) is 0 Å². The number of rotatable bonds is 2. The van der Waals surface area contributed by atoms with Gasteiger partial charge in [-0.25, -0.2) is 4.98 Å². The molecule has 0 saturated carbocycles. The summed E-state index contributed by atoms with van der Waals surface area (Å²) in [5.74, 6) is -0.551. The van der Waals surface area contributed by atoms with Crippen molar-refractivity contribution in [1.82, 2.24) is 4.98 Å². The van der Waals surface area contributed by atoms with E-state index >= 15 is 0 Å². The van der Waals surface area contributed by atoms with Gasteiger partial charge >= 0.3 is 6.18 Å². The van der Waals surface area contributed by atoms with Crippen LogP contribution in [0.1, 0.15) is 11.1 Å². The number of benzene rings is 1. The standard InChI is InChI=1S/C13H10F4N2/c1-8-5-6-9(7-10(8)13(15,16)17)18-12-4-2-3-11(14)19-12/h2-7H,1H3,(H,18,19). The summed E-state index contributed by atoms with van der Waals surface area (Å²) < 4.78 is 51.1. The van der Waals surface area contributed by atoms with Crippen LogP contribution in [0.2, 0.25) is 0 Å². The van der Waals surface area contributed by atoms with E-state index in [1.165, 1.54) is 31.2 Å². The summed E-state index contributed by atoms with van der Waals surface area (Å²) in [5.41, 5.74) is -0.393. The van der Waals surface area contributed by atoms with Crippen LogP contribution in [0.4, 0.5) is 29.1 Å². The molecule has 1 aromatic carbocycles. The Hall–Kier alpha value is -2.11. The lowest BCUT2D eigenvalue weighted by Gasteiger charge is -2.13. The van der Waals surface area contributed by atoms with Crippen LogP contribution < -0.4 is 5.32 Å². The molecule has 0 aliphatic carbocycles. The van der Waals surface area contributed by atoms with Crippen molar-refractivity contribution in [2.24, 2.45) is 0 Å². The molecule has 2 rings (SSSR count). The summed E-state index contributed by atoms with van der Waals surface area (Å²) in [6.45, 7) is 1.38. The first-order valence-corrected chi connectivity index (χ1v) is 5.44. The maximum atomic E-state index is 12.9. The Balaban J connectivity index is 2.32. The number of anilines is 2. The third-order valence-corrected chi connectivity index (χ3v) is 2.53. The maximum Gasteiger partial charge on any atom is 0.416 e. The molecule has 2 nitrogen and oxygen atoms in total. The quantitative estimate of drug-likeness (QED) is 0.650. The molecule has 0 atom stereocenters. The average molecular weight is 270 g/mol. The van der Waals surface area contributed by atoms with Crippen LogP contribution >= 0.6 is 0 Å². The largest absolute Gasteiger partial charge is 0.416 e. The van der Waals surface area contributed by atoms with Crippen LogP contribution in [0.25, 0.3) is 0 Å². The van der Waals surface area contributed by atoms with Gasteiger partial charge in [0.25, 0.3) is 0 Å². The van der Waals surface area contributed by atoms with Gasteiger partial charge in [0.15, 0.2) is 0 Å². The van der Waals surface area contributed by atoms with Gasteiger partial charge in [0.05, 0.1) is 5.56 Å². The van der Waals surface area contributed by atoms with Crippen molar-refractivity contribution in [2.45, 2.75) is 13.1 Å². The maximum absolute atomic E-state index is 12.9. The third-order valence-electron chi connectivity index (χ3n) is 2.53. The smallest absolute Gasteiger partial charge is 0.340 e. The minimum Gasteiger partial charge on any atom is -0.340 e. The highest BCUT2D eigenvalue weighted by molar-refractivity contribution is 5.58. The number of halogens is 4. The monoisotopic (exact) mass is 270 g/mol. The summed E-state index contributed by atoms with van der Waals surface area (Å²) in [6.07, 6.45) is -4.42. The molecule has 2 aromatic rings. The molecule has 0 fully saturated rings. The van der Waals surface area contributed by atoms with Gasteiger partial charge in [-0.2, -0.15) is 17.6 Å². The third kappa shape index (κ3) is 3.21. The Labute approximate surface area is 107 Å². The summed E-state index contributed by atoms with van der Waals surface area (Å²) in [4.78, 5) is 3.52. The molecule has 19 heavy (non-hydrogen) atoms. The molecule has 0 aliphatic rings. The summed E-state index contributed by atoms with van der Waals surface area (Å²) in [5, 5.41) is 2.63. The number of pyridine rings is 1. The Morgan fingerprint density at radius 1 is 1.11 bits per heavy atom. The highest BCUT2D eigenvalue weighted by Gasteiger charge is 2.32. The number of nitrogens with zero attached hydrogens (tertiary/aromatic N) is 1. The molecule has 0 amide bonds. The van der Waals surface area contributed by atoms with Gasteiger partial charge < -0.3 is 5.32 Å². The number of hydrogen-bond acceptors (Lipinski definition) is 2. The van der Waals surface area contributed by atoms with E-state index in [1.54, 1.807) is 0 Å². The normalized spacial score (nSPS) is 11.4. The van der Waals surface area contributed by atoms with E-state index in [0.717, 1.165) is 12.1 Å². The molecular weight excluding hydrogens is 260 g/mol. The number of aromatic nitrogens is 1. The number of hydrogen-bond donors (Lipinski definition) is 1. The summed E-state index contributed by atoms with van der Waals surface area (Å²) >= 11 is 0. The Morgan fingerprint density at radius 2 is 1.84 bits per heavy atom. The first-order valence-electron chi connectivity index (χ1n) is 5.44. The van der Waals surface area contributed by atoms with Crippen LogP contribution in [-0.2, 0) is 6.18 Å². The van der Waals surface area contributed by atoms with Crippen molar-refractivity contribution in [3.05, 3.63) is 53.5 Å². The fraction of sp³-hybridized carbons (Fsp3) is 0.154. The summed E-state index contributed by atoms with van der Waals surface area (Å²) in [6, 6.07) is 7.85. The highest BCUT2D eigenvalue weighted by atomic mass is 19.4. The fourth-order valence-electron chi connectivity index (χ4n) is 1.63. The van der Waals surface area contributed by atoms with Crippen LogP contribution in [0, 0.1) is 12.9 Å². The number of alkyl halides is 3. The second kappa shape index (κ2) is 4.87. The predicted molar refractivity (Wildman–Crippen MR) is 63.7 cm³/mol. The SMILES string of the molecule is Cc1ccc(Nc2cccc(F)n2)cc1C(F)(F)F. The molecule has 6 heteroatoms. The molecule has 0 spiro atoms. The molecule has 0 saturated heterocycles. The lowest BCUT2D eigenvalue weighted by atomic mass is 10.1. The van der Waals surface area contributed by atoms with E-state index in [2.05, 4.69) is 10.3 Å². The Morgan fingerprint density at radius 3 is 2.47 bits per heavy atom. The van der Waals surface area contributed by atoms with Gasteiger partial charge in [0.2, 0.25) is 5.95 Å². The molecule has 0 aliphatic heterocycles. The first kappa shape index (κ1) is 13.3. The summed E-state index contributed by atoms with van der Waals surface area (Å²) in [7, 11) is 0. The molecule has 0 bridgehead atoms. The molecule has 100 valence electrons. The lowest BCUT2D eigenvalue weighted by molar-refractivity contribution is -0.138. The van der Waals surface area contributed by atoms with E-state index in [9.17, 15) is 17.6 Å². The van der Waals surface area contributed by atoms with Gasteiger partial charge in [-0.1, -0.05) is 12.1 Å². The second-order valence-corrected chi connectivity index (χ2v) is 4.00. The zero-order valence-electron chi connectivity index (χ0n) is 9.92. The van der Waals surface area contributed by atoms with Crippen molar-refractivity contribution < 1.29 is 17.6 Å². The minimum absolute atomic E-state index is 0.130. The molecule has 1 N–H and O–H groups in total. The molecule has 0 unspecified atom stereocenters. The van der Waals surface area contributed by atoms with Crippen LogP contribution in [0.3, 0.4) is 0 Å². The highest BCUT2D eigenvalue weighted by Crippen LogP contribution is 2.33. The lowest BCUT2D eigenvalue weighted by Crippen LogP contribution is -2.08. The van der Waals surface area contributed by atoms with Crippen molar-refractivity contribution in [1.29, 1.82) is 0 Å². The average Bonchev–Trinajstić information content (AvgIpc) is 2.30. The first-order chi connectivity index (χ1) is 8.86. The topological polar surface area (TPSA) is 24.9 Å². The van der Waals surface area contributed by atoms with Crippen molar-refractivity contribution >= 4 is 11.5 Å². The van der Waals surface area contributed by atoms with Gasteiger partial charge in [0, 0.05) is 5.69 Å². The zero-order chi connectivity index (χ0) is 14.0. The Kier molecular flexibility index (Phi) is 3.42. The van der Waals surface area contributed by atoms with E-state index < -0.39 is 17.7 Å². The van der Waals surface area contributed by atoms with E-state index in [4.69, 9.17) is 0 Å². The second-order valence-electron chi connectivity index (χ2n) is 4.00. The van der Waals surface area contributed by atoms with E-state index in [-0.39, 0.29) is 17.1 Å². The van der Waals surface area contributed by atoms with Gasteiger partial charge in [0.1, 0.15) is 5.82 Å². The van der Waals surface area contributed by atoms with Crippen LogP contribution in [0.5, 0.6) is 0 Å². The number of nitrogens with one attached hydrogen (secondary N) is 1. The number of aryl methyl sites for hydroxylation is 1. The van der Waals surface area contributed by atoms with Crippen molar-refractivity contribution in [3.8, 4) is 0 Å². The van der Waals surface area contributed by atoms with Crippen molar-refractivity contribution in [3.63, 3.8) is 0 Å². The van der Waals surface area contributed by atoms with E-state index in [1.807, 2.05) is 0 Å². The predicted octanol–water partition coefficient (Wildman–Crippen LogP) is 4.29. The van der Waals surface area contributed by atoms with Gasteiger partial charge in [-0.05, 0) is 36.8 Å². The van der Waals surface area contributed by atoms with Crippen LogP contribution in [-0.4, -0.2) is 4.98 Å². The zero-order valence-corrected chi connectivity index (χ0v) is 9.92. The molecule has 1 heterocycles. The fourth-order valence-corrected chi connectivity index (χ4v) is 1.63.